The van der Waals surface area contributed by atoms with Gasteiger partial charge in [0, 0.05) is 6.42 Å². The van der Waals surface area contributed by atoms with Crippen molar-refractivity contribution in [2.45, 2.75) is 386 Å². The van der Waals surface area contributed by atoms with Crippen LogP contribution in [0.15, 0.2) is 12.2 Å². The van der Waals surface area contributed by atoms with E-state index in [1.54, 1.807) is 6.08 Å². The number of rotatable bonds is 66. The van der Waals surface area contributed by atoms with Gasteiger partial charge in [-0.25, -0.2) is 0 Å². The van der Waals surface area contributed by atoms with Crippen molar-refractivity contribution in [1.29, 1.82) is 0 Å². The Balaban J connectivity index is 3.84. The third-order valence-electron chi connectivity index (χ3n) is 16.5. The molecule has 0 radical (unpaired) electrons. The van der Waals surface area contributed by atoms with Crippen LogP contribution in [0.25, 0.3) is 0 Å². The molecule has 0 fully saturated rings. The van der Waals surface area contributed by atoms with Crippen molar-refractivity contribution in [3.05, 3.63) is 12.2 Å². The van der Waals surface area contributed by atoms with Crippen LogP contribution in [0.4, 0.5) is 0 Å². The number of amides is 1. The van der Waals surface area contributed by atoms with Crippen LogP contribution >= 0.6 is 7.82 Å². The molecule has 466 valence electrons. The SMILES string of the molecule is CCCCCCCCCCCCCCCC/C=C/C(O)C(COP(=O)([O-])OCC[N+](C)(C)C)NC(=O)CCCCCCCCCCCCCCCCCCCCCCCCCCCCCCCCCCCCCCCCCC. The number of aliphatic hydroxyl groups excluding tert-OH is 1. The summed E-state index contributed by atoms with van der Waals surface area (Å²) >= 11 is 0. The van der Waals surface area contributed by atoms with Crippen LogP contribution in [0.2, 0.25) is 0 Å². The first-order chi connectivity index (χ1) is 38.0. The maximum atomic E-state index is 13.0. The molecule has 0 heterocycles. The fraction of sp³-hybridized carbons (Fsp3) is 0.957. The highest BCUT2D eigenvalue weighted by molar-refractivity contribution is 7.45. The normalized spacial score (nSPS) is 13.7. The Kier molecular flexibility index (Phi) is 60.2. The summed E-state index contributed by atoms with van der Waals surface area (Å²) in [4.78, 5) is 25.6. The van der Waals surface area contributed by atoms with Crippen molar-refractivity contribution in [2.24, 2.45) is 0 Å². The highest BCUT2D eigenvalue weighted by atomic mass is 31.2. The monoisotopic (exact) mass is 1120 g/mol. The Morgan fingerprint density at radius 3 is 0.962 bits per heavy atom. The Morgan fingerprint density at radius 2 is 0.692 bits per heavy atom. The number of hydrogen-bond acceptors (Lipinski definition) is 6. The topological polar surface area (TPSA) is 108 Å². The minimum Gasteiger partial charge on any atom is -0.756 e. The highest BCUT2D eigenvalue weighted by Crippen LogP contribution is 2.38. The number of carbonyl (C=O) groups excluding carboxylic acids is 1. The number of allylic oxidation sites excluding steroid dienone is 1. The molecular weight excluding hydrogens is 984 g/mol. The number of hydrogen-bond donors (Lipinski definition) is 2. The zero-order valence-electron chi connectivity index (χ0n) is 53.4. The molecule has 8 nitrogen and oxygen atoms in total. The van der Waals surface area contributed by atoms with Gasteiger partial charge in [0.15, 0.2) is 0 Å². The first-order valence-corrected chi connectivity index (χ1v) is 36.5. The van der Waals surface area contributed by atoms with Gasteiger partial charge in [-0.2, -0.15) is 0 Å². The van der Waals surface area contributed by atoms with E-state index in [-0.39, 0.29) is 19.1 Å². The minimum absolute atomic E-state index is 0.00273. The van der Waals surface area contributed by atoms with Crippen molar-refractivity contribution in [3.8, 4) is 0 Å². The van der Waals surface area contributed by atoms with E-state index < -0.39 is 20.0 Å². The Morgan fingerprint density at radius 1 is 0.436 bits per heavy atom. The molecule has 0 saturated carbocycles. The average Bonchev–Trinajstić information content (AvgIpc) is 3.41. The fourth-order valence-corrected chi connectivity index (χ4v) is 11.8. The van der Waals surface area contributed by atoms with Crippen LogP contribution in [-0.2, 0) is 18.4 Å². The minimum atomic E-state index is -4.59. The average molecular weight is 1120 g/mol. The van der Waals surface area contributed by atoms with E-state index in [0.29, 0.717) is 17.4 Å². The number of nitrogens with zero attached hydrogens (tertiary/aromatic N) is 1. The van der Waals surface area contributed by atoms with Crippen molar-refractivity contribution in [2.75, 3.05) is 40.9 Å². The van der Waals surface area contributed by atoms with Crippen LogP contribution in [-0.4, -0.2) is 68.5 Å². The molecule has 0 saturated heterocycles. The summed E-state index contributed by atoms with van der Waals surface area (Å²) in [5.74, 6) is -0.189. The van der Waals surface area contributed by atoms with Crippen LogP contribution in [0, 0.1) is 0 Å². The molecule has 0 aliphatic heterocycles. The first-order valence-electron chi connectivity index (χ1n) is 35.1. The van der Waals surface area contributed by atoms with Crippen LogP contribution < -0.4 is 10.2 Å². The molecule has 2 N–H and O–H groups in total. The zero-order valence-corrected chi connectivity index (χ0v) is 54.3. The molecule has 3 atom stereocenters. The third-order valence-corrected chi connectivity index (χ3v) is 17.5. The maximum absolute atomic E-state index is 13.0. The van der Waals surface area contributed by atoms with Crippen LogP contribution in [0.1, 0.15) is 373 Å². The molecule has 0 aromatic heterocycles. The van der Waals surface area contributed by atoms with Gasteiger partial charge >= 0.3 is 0 Å². The fourth-order valence-electron chi connectivity index (χ4n) is 11.0. The van der Waals surface area contributed by atoms with Gasteiger partial charge in [0.2, 0.25) is 5.91 Å². The number of phosphoric acid groups is 1. The van der Waals surface area contributed by atoms with Crippen LogP contribution in [0.3, 0.4) is 0 Å². The molecular formula is C69H139N2O6P. The van der Waals surface area contributed by atoms with Crippen molar-refractivity contribution in [1.82, 2.24) is 5.32 Å². The lowest BCUT2D eigenvalue weighted by Gasteiger charge is -2.29. The quantitative estimate of drug-likeness (QED) is 0.0272. The van der Waals surface area contributed by atoms with Gasteiger partial charge in [0.1, 0.15) is 13.2 Å². The molecule has 1 amide bonds. The summed E-state index contributed by atoms with van der Waals surface area (Å²) in [5.41, 5.74) is 0. The van der Waals surface area contributed by atoms with Crippen molar-refractivity contribution >= 4 is 13.7 Å². The van der Waals surface area contributed by atoms with E-state index >= 15 is 0 Å². The van der Waals surface area contributed by atoms with E-state index in [2.05, 4.69) is 19.2 Å². The van der Waals surface area contributed by atoms with E-state index in [4.69, 9.17) is 9.05 Å². The van der Waals surface area contributed by atoms with Gasteiger partial charge in [-0.3, -0.25) is 9.36 Å². The van der Waals surface area contributed by atoms with Crippen molar-refractivity contribution in [3.63, 3.8) is 0 Å². The first kappa shape index (κ1) is 77.2. The standard InChI is InChI=1S/C69H139N2O6P/c1-6-8-10-12-14-16-18-20-22-24-25-26-27-28-29-30-31-32-33-34-35-36-37-38-39-40-41-42-43-44-45-46-47-49-51-53-55-57-59-61-63-69(73)70-67(66-77-78(74,75)76-65-64-71(3,4)5)68(72)62-60-58-56-54-52-50-48-23-21-19-17-15-13-11-9-7-2/h60,62,67-68,72H,6-59,61,63-66H2,1-5H3,(H-,70,73,74,75)/b62-60+. The van der Waals surface area contributed by atoms with E-state index in [1.165, 1.54) is 315 Å². The van der Waals surface area contributed by atoms with E-state index in [1.807, 2.05) is 27.2 Å². The Bertz CT molecular complexity index is 1280. The van der Waals surface area contributed by atoms with Gasteiger partial charge in [-0.05, 0) is 19.3 Å². The maximum Gasteiger partial charge on any atom is 0.268 e. The molecule has 0 aliphatic carbocycles. The Hall–Kier alpha value is -0.760. The van der Waals surface area contributed by atoms with Gasteiger partial charge in [-0.15, -0.1) is 0 Å². The van der Waals surface area contributed by atoms with Gasteiger partial charge < -0.3 is 28.8 Å². The molecule has 0 aliphatic rings. The summed E-state index contributed by atoms with van der Waals surface area (Å²) in [7, 11) is 1.28. The van der Waals surface area contributed by atoms with Gasteiger partial charge in [0.25, 0.3) is 7.82 Å². The van der Waals surface area contributed by atoms with Crippen molar-refractivity contribution < 1.29 is 32.9 Å². The number of unbranched alkanes of at least 4 members (excludes halogenated alkanes) is 53. The molecule has 9 heteroatoms. The second-order valence-corrected chi connectivity index (χ2v) is 27.0. The predicted octanol–water partition coefficient (Wildman–Crippen LogP) is 21.5. The number of quaternary nitrogens is 1. The molecule has 3 unspecified atom stereocenters. The Labute approximate surface area is 488 Å². The highest BCUT2D eigenvalue weighted by Gasteiger charge is 2.23. The predicted molar refractivity (Wildman–Crippen MR) is 339 cm³/mol. The molecule has 0 aromatic carbocycles. The molecule has 0 aromatic rings. The summed E-state index contributed by atoms with van der Waals surface area (Å²) in [6, 6.07) is -0.882. The number of carbonyl (C=O) groups is 1. The van der Waals surface area contributed by atoms with E-state index in [0.717, 1.165) is 38.5 Å². The molecule has 0 rings (SSSR count). The zero-order chi connectivity index (χ0) is 57.0. The summed E-state index contributed by atoms with van der Waals surface area (Å²) in [6.45, 7) is 4.71. The summed E-state index contributed by atoms with van der Waals surface area (Å²) in [6.07, 6.45) is 77.9. The van der Waals surface area contributed by atoms with Crippen LogP contribution in [0.5, 0.6) is 0 Å². The lowest BCUT2D eigenvalue weighted by atomic mass is 10.0. The lowest BCUT2D eigenvalue weighted by Crippen LogP contribution is -2.45. The molecule has 78 heavy (non-hydrogen) atoms. The van der Waals surface area contributed by atoms with Gasteiger partial charge in [0.05, 0.1) is 39.9 Å². The second kappa shape index (κ2) is 60.8. The third kappa shape index (κ3) is 62.8. The lowest BCUT2D eigenvalue weighted by molar-refractivity contribution is -0.870. The summed E-state index contributed by atoms with van der Waals surface area (Å²) in [5, 5.41) is 13.9. The number of nitrogens with one attached hydrogen (secondary N) is 1. The molecule has 0 spiro atoms. The second-order valence-electron chi connectivity index (χ2n) is 25.6. The largest absolute Gasteiger partial charge is 0.756 e. The number of likely N-dealkylation sites (N-methyl/N-ethyl adjacent to an activating group) is 1. The number of aliphatic hydroxyl groups is 1. The molecule has 0 bridgehead atoms. The smallest absolute Gasteiger partial charge is 0.268 e. The van der Waals surface area contributed by atoms with E-state index in [9.17, 15) is 19.4 Å². The number of phosphoric ester groups is 1. The van der Waals surface area contributed by atoms with Gasteiger partial charge in [-0.1, -0.05) is 360 Å². The summed E-state index contributed by atoms with van der Waals surface area (Å²) < 4.78 is 23.4.